The Labute approximate surface area is 93.2 Å². The number of carbonyl (C=O) groups excluding carboxylic acids is 1. The molecule has 0 aromatic carbocycles. The first-order valence-corrected chi connectivity index (χ1v) is 6.06. The molecule has 1 aliphatic rings. The smallest absolute Gasteiger partial charge is 0.226 e. The standard InChI is InChI=1S/C12H24N2O/c1-9(2)13-7-5-11-6-8-14(10(3)4)12(11)15/h9-11,13H,5-8H2,1-4H3/t11-/m0/s1. The van der Waals surface area contributed by atoms with Crippen LogP contribution in [0.25, 0.3) is 0 Å². The topological polar surface area (TPSA) is 32.3 Å². The molecule has 1 aliphatic heterocycles. The van der Waals surface area contributed by atoms with Crippen molar-refractivity contribution in [3.05, 3.63) is 0 Å². The van der Waals surface area contributed by atoms with Gasteiger partial charge in [-0.3, -0.25) is 4.79 Å². The minimum Gasteiger partial charge on any atom is -0.340 e. The van der Waals surface area contributed by atoms with Gasteiger partial charge in [-0.05, 0) is 33.2 Å². The van der Waals surface area contributed by atoms with Gasteiger partial charge in [0.1, 0.15) is 0 Å². The van der Waals surface area contributed by atoms with Gasteiger partial charge in [0.05, 0.1) is 0 Å². The third-order valence-electron chi connectivity index (χ3n) is 3.02. The molecule has 0 aromatic heterocycles. The normalized spacial score (nSPS) is 22.1. The third-order valence-corrected chi connectivity index (χ3v) is 3.02. The fourth-order valence-electron chi connectivity index (χ4n) is 2.09. The molecule has 0 aromatic rings. The van der Waals surface area contributed by atoms with Crippen molar-refractivity contribution in [3.8, 4) is 0 Å². The van der Waals surface area contributed by atoms with Crippen molar-refractivity contribution in [2.24, 2.45) is 5.92 Å². The molecule has 15 heavy (non-hydrogen) atoms. The van der Waals surface area contributed by atoms with Crippen LogP contribution in [0.1, 0.15) is 40.5 Å². The summed E-state index contributed by atoms with van der Waals surface area (Å²) in [7, 11) is 0. The molecule has 3 nitrogen and oxygen atoms in total. The lowest BCUT2D eigenvalue weighted by atomic mass is 10.0. The number of rotatable bonds is 5. The molecule has 0 radical (unpaired) electrons. The maximum Gasteiger partial charge on any atom is 0.226 e. The van der Waals surface area contributed by atoms with Crippen molar-refractivity contribution in [2.75, 3.05) is 13.1 Å². The first kappa shape index (κ1) is 12.5. The zero-order valence-corrected chi connectivity index (χ0v) is 10.4. The van der Waals surface area contributed by atoms with E-state index in [4.69, 9.17) is 0 Å². The predicted molar refractivity (Wildman–Crippen MR) is 62.7 cm³/mol. The summed E-state index contributed by atoms with van der Waals surface area (Å²) in [5, 5.41) is 3.37. The van der Waals surface area contributed by atoms with E-state index in [9.17, 15) is 4.79 Å². The Morgan fingerprint density at radius 1 is 1.40 bits per heavy atom. The molecular formula is C12H24N2O. The number of nitrogens with one attached hydrogen (secondary N) is 1. The Kier molecular flexibility index (Phi) is 4.58. The fraction of sp³-hybridized carbons (Fsp3) is 0.917. The van der Waals surface area contributed by atoms with E-state index in [0.29, 0.717) is 18.0 Å². The van der Waals surface area contributed by atoms with E-state index in [-0.39, 0.29) is 5.92 Å². The van der Waals surface area contributed by atoms with E-state index in [1.807, 2.05) is 4.90 Å². The van der Waals surface area contributed by atoms with E-state index in [2.05, 4.69) is 33.0 Å². The van der Waals surface area contributed by atoms with Crippen LogP contribution in [-0.2, 0) is 4.79 Å². The first-order chi connectivity index (χ1) is 7.02. The van der Waals surface area contributed by atoms with Gasteiger partial charge in [0.2, 0.25) is 5.91 Å². The summed E-state index contributed by atoms with van der Waals surface area (Å²) < 4.78 is 0. The van der Waals surface area contributed by atoms with Crippen LogP contribution in [-0.4, -0.2) is 36.0 Å². The first-order valence-electron chi connectivity index (χ1n) is 6.06. The number of likely N-dealkylation sites (tertiary alicyclic amines) is 1. The minimum atomic E-state index is 0.263. The van der Waals surface area contributed by atoms with Crippen molar-refractivity contribution in [1.82, 2.24) is 10.2 Å². The highest BCUT2D eigenvalue weighted by Crippen LogP contribution is 2.22. The number of amides is 1. The van der Waals surface area contributed by atoms with Crippen LogP contribution in [0.2, 0.25) is 0 Å². The molecule has 3 heteroatoms. The third kappa shape index (κ3) is 3.49. The monoisotopic (exact) mass is 212 g/mol. The van der Waals surface area contributed by atoms with Gasteiger partial charge < -0.3 is 10.2 Å². The Balaban J connectivity index is 2.30. The number of hydrogen-bond donors (Lipinski definition) is 1. The lowest BCUT2D eigenvalue weighted by molar-refractivity contribution is -0.132. The Morgan fingerprint density at radius 2 is 2.07 bits per heavy atom. The summed E-state index contributed by atoms with van der Waals surface area (Å²) in [5.74, 6) is 0.620. The van der Waals surface area contributed by atoms with E-state index in [0.717, 1.165) is 25.9 Å². The van der Waals surface area contributed by atoms with Crippen molar-refractivity contribution >= 4 is 5.91 Å². The zero-order chi connectivity index (χ0) is 11.4. The molecule has 1 N–H and O–H groups in total. The molecular weight excluding hydrogens is 188 g/mol. The highest BCUT2D eigenvalue weighted by Gasteiger charge is 2.32. The van der Waals surface area contributed by atoms with Crippen LogP contribution in [0.3, 0.4) is 0 Å². The molecule has 0 spiro atoms. The molecule has 1 fully saturated rings. The SMILES string of the molecule is CC(C)NCC[C@H]1CCN(C(C)C)C1=O. The molecule has 88 valence electrons. The molecule has 1 saturated heterocycles. The second kappa shape index (κ2) is 5.50. The lowest BCUT2D eigenvalue weighted by Gasteiger charge is -2.21. The summed E-state index contributed by atoms with van der Waals surface area (Å²) in [6.45, 7) is 10.4. The number of hydrogen-bond acceptors (Lipinski definition) is 2. The van der Waals surface area contributed by atoms with Crippen molar-refractivity contribution in [2.45, 2.75) is 52.6 Å². The number of nitrogens with zero attached hydrogens (tertiary/aromatic N) is 1. The van der Waals surface area contributed by atoms with Crippen LogP contribution in [0.4, 0.5) is 0 Å². The van der Waals surface area contributed by atoms with Gasteiger partial charge in [-0.2, -0.15) is 0 Å². The van der Waals surface area contributed by atoms with Crippen LogP contribution in [0.5, 0.6) is 0 Å². The second-order valence-corrected chi connectivity index (χ2v) is 5.01. The van der Waals surface area contributed by atoms with Gasteiger partial charge in [0.15, 0.2) is 0 Å². The average molecular weight is 212 g/mol. The quantitative estimate of drug-likeness (QED) is 0.751. The molecule has 1 amide bonds. The average Bonchev–Trinajstić information content (AvgIpc) is 2.47. The summed E-state index contributed by atoms with van der Waals surface area (Å²) in [4.78, 5) is 13.9. The van der Waals surface area contributed by atoms with E-state index < -0.39 is 0 Å². The minimum absolute atomic E-state index is 0.263. The molecule has 0 unspecified atom stereocenters. The van der Waals surface area contributed by atoms with Gasteiger partial charge in [-0.25, -0.2) is 0 Å². The zero-order valence-electron chi connectivity index (χ0n) is 10.4. The molecule has 0 bridgehead atoms. The maximum atomic E-state index is 11.9. The summed E-state index contributed by atoms with van der Waals surface area (Å²) in [6, 6.07) is 0.878. The van der Waals surface area contributed by atoms with Gasteiger partial charge >= 0.3 is 0 Å². The largest absolute Gasteiger partial charge is 0.340 e. The summed E-state index contributed by atoms with van der Waals surface area (Å²) in [6.07, 6.45) is 2.02. The van der Waals surface area contributed by atoms with E-state index >= 15 is 0 Å². The fourth-order valence-corrected chi connectivity index (χ4v) is 2.09. The van der Waals surface area contributed by atoms with Crippen molar-refractivity contribution < 1.29 is 4.79 Å². The Hall–Kier alpha value is -0.570. The second-order valence-electron chi connectivity index (χ2n) is 5.01. The molecule has 1 atom stereocenters. The van der Waals surface area contributed by atoms with Crippen molar-refractivity contribution in [1.29, 1.82) is 0 Å². The van der Waals surface area contributed by atoms with Gasteiger partial charge in [-0.1, -0.05) is 13.8 Å². The Morgan fingerprint density at radius 3 is 2.53 bits per heavy atom. The van der Waals surface area contributed by atoms with Gasteiger partial charge in [0.25, 0.3) is 0 Å². The molecule has 1 heterocycles. The van der Waals surface area contributed by atoms with E-state index in [1.165, 1.54) is 0 Å². The van der Waals surface area contributed by atoms with Crippen LogP contribution in [0, 0.1) is 5.92 Å². The van der Waals surface area contributed by atoms with Crippen LogP contribution < -0.4 is 5.32 Å². The van der Waals surface area contributed by atoms with E-state index in [1.54, 1.807) is 0 Å². The summed E-state index contributed by atoms with van der Waals surface area (Å²) >= 11 is 0. The predicted octanol–water partition coefficient (Wildman–Crippen LogP) is 1.63. The molecule has 0 aliphatic carbocycles. The van der Waals surface area contributed by atoms with Gasteiger partial charge in [-0.15, -0.1) is 0 Å². The summed E-state index contributed by atoms with van der Waals surface area (Å²) in [5.41, 5.74) is 0. The number of carbonyl (C=O) groups is 1. The highest BCUT2D eigenvalue weighted by atomic mass is 16.2. The van der Waals surface area contributed by atoms with Crippen LogP contribution >= 0.6 is 0 Å². The lowest BCUT2D eigenvalue weighted by Crippen LogP contribution is -2.34. The Bertz CT molecular complexity index is 214. The van der Waals surface area contributed by atoms with Crippen LogP contribution in [0.15, 0.2) is 0 Å². The highest BCUT2D eigenvalue weighted by molar-refractivity contribution is 5.81. The van der Waals surface area contributed by atoms with Crippen molar-refractivity contribution in [3.63, 3.8) is 0 Å². The molecule has 1 rings (SSSR count). The molecule has 0 saturated carbocycles. The maximum absolute atomic E-state index is 11.9. The van der Waals surface area contributed by atoms with Gasteiger partial charge in [0, 0.05) is 24.5 Å².